The van der Waals surface area contributed by atoms with E-state index in [0.717, 1.165) is 24.2 Å². The molecule has 0 bridgehead atoms. The van der Waals surface area contributed by atoms with E-state index in [4.69, 9.17) is 9.84 Å². The molecule has 4 heteroatoms. The van der Waals surface area contributed by atoms with Gasteiger partial charge in [-0.1, -0.05) is 32.0 Å². The van der Waals surface area contributed by atoms with Gasteiger partial charge in [0.05, 0.1) is 7.11 Å². The minimum atomic E-state index is -0.127. The van der Waals surface area contributed by atoms with Gasteiger partial charge in [-0.05, 0) is 30.4 Å². The molecule has 0 heterocycles. The Morgan fingerprint density at radius 1 is 1.38 bits per heavy atom. The Morgan fingerprint density at radius 3 is 2.76 bits per heavy atom. The number of rotatable bonds is 8. The predicted molar refractivity (Wildman–Crippen MR) is 85.1 cm³/mol. The lowest BCUT2D eigenvalue weighted by molar-refractivity contribution is -0.116. The van der Waals surface area contributed by atoms with Crippen molar-refractivity contribution in [3.8, 4) is 5.75 Å². The monoisotopic (exact) mass is 291 g/mol. The molecule has 0 aromatic heterocycles. The number of hydrogen-bond donors (Lipinski definition) is 2. The summed E-state index contributed by atoms with van der Waals surface area (Å²) in [5, 5.41) is 11.7. The molecular formula is C17H25NO3. The Morgan fingerprint density at radius 2 is 2.10 bits per heavy atom. The van der Waals surface area contributed by atoms with Gasteiger partial charge in [0.15, 0.2) is 0 Å². The van der Waals surface area contributed by atoms with Crippen molar-refractivity contribution in [2.45, 2.75) is 26.7 Å². The number of amides is 1. The molecule has 0 saturated carbocycles. The van der Waals surface area contributed by atoms with E-state index in [-0.39, 0.29) is 17.9 Å². The third-order valence-electron chi connectivity index (χ3n) is 3.31. The fourth-order valence-electron chi connectivity index (χ4n) is 2.00. The molecule has 0 atom stereocenters. The van der Waals surface area contributed by atoms with Crippen LogP contribution in [0.25, 0.3) is 6.08 Å². The van der Waals surface area contributed by atoms with Crippen LogP contribution in [0.3, 0.4) is 0 Å². The van der Waals surface area contributed by atoms with Crippen molar-refractivity contribution in [3.05, 3.63) is 35.9 Å². The molecule has 0 radical (unpaired) electrons. The summed E-state index contributed by atoms with van der Waals surface area (Å²) >= 11 is 0. The zero-order valence-electron chi connectivity index (χ0n) is 13.1. The first-order chi connectivity index (χ1) is 9.98. The average molecular weight is 291 g/mol. The normalized spacial score (nSPS) is 11.6. The van der Waals surface area contributed by atoms with Crippen molar-refractivity contribution in [1.82, 2.24) is 5.32 Å². The fourth-order valence-corrected chi connectivity index (χ4v) is 2.00. The van der Waals surface area contributed by atoms with Gasteiger partial charge in [0.1, 0.15) is 5.75 Å². The van der Waals surface area contributed by atoms with Crippen LogP contribution in [0.2, 0.25) is 0 Å². The van der Waals surface area contributed by atoms with E-state index in [2.05, 4.69) is 19.2 Å². The summed E-state index contributed by atoms with van der Waals surface area (Å²) in [6.45, 7) is 4.92. The summed E-state index contributed by atoms with van der Waals surface area (Å²) < 4.78 is 5.23. The Labute approximate surface area is 126 Å². The predicted octanol–water partition coefficient (Wildman–Crippen LogP) is 2.62. The van der Waals surface area contributed by atoms with Crippen LogP contribution in [0.1, 0.15) is 32.3 Å². The molecule has 2 N–H and O–H groups in total. The average Bonchev–Trinajstić information content (AvgIpc) is 2.49. The third kappa shape index (κ3) is 6.45. The molecule has 116 valence electrons. The number of benzene rings is 1. The maximum absolute atomic E-state index is 11.8. The van der Waals surface area contributed by atoms with Crippen molar-refractivity contribution in [2.24, 2.45) is 5.41 Å². The standard InChI is InChI=1S/C17H25NO3/c1-17(2,11-6-12-19)13-18-16(20)10-9-14-7-4-5-8-15(14)21-3/h4-5,7-10,19H,6,11-13H2,1-3H3,(H,18,20)/b10-9+. The van der Waals surface area contributed by atoms with Gasteiger partial charge in [0, 0.05) is 24.8 Å². The van der Waals surface area contributed by atoms with Crippen LogP contribution >= 0.6 is 0 Å². The number of carbonyl (C=O) groups is 1. The van der Waals surface area contributed by atoms with Crippen molar-refractivity contribution < 1.29 is 14.6 Å². The highest BCUT2D eigenvalue weighted by molar-refractivity contribution is 5.92. The topological polar surface area (TPSA) is 58.6 Å². The Hall–Kier alpha value is -1.81. The van der Waals surface area contributed by atoms with Crippen LogP contribution in [-0.4, -0.2) is 31.3 Å². The Kier molecular flexibility index (Phi) is 6.96. The number of methoxy groups -OCH3 is 1. The molecular weight excluding hydrogens is 266 g/mol. The number of aliphatic hydroxyl groups excluding tert-OH is 1. The second-order valence-corrected chi connectivity index (χ2v) is 5.78. The quantitative estimate of drug-likeness (QED) is 0.724. The van der Waals surface area contributed by atoms with Crippen LogP contribution in [-0.2, 0) is 4.79 Å². The number of hydrogen-bond acceptors (Lipinski definition) is 3. The van der Waals surface area contributed by atoms with Crippen LogP contribution in [0.4, 0.5) is 0 Å². The van der Waals surface area contributed by atoms with Crippen molar-refractivity contribution in [3.63, 3.8) is 0 Å². The van der Waals surface area contributed by atoms with Crippen LogP contribution < -0.4 is 10.1 Å². The Bertz CT molecular complexity index is 481. The lowest BCUT2D eigenvalue weighted by Crippen LogP contribution is -2.33. The van der Waals surface area contributed by atoms with Crippen LogP contribution in [0.5, 0.6) is 5.75 Å². The third-order valence-corrected chi connectivity index (χ3v) is 3.31. The minimum absolute atomic E-state index is 0.0172. The summed E-state index contributed by atoms with van der Waals surface area (Å²) in [4.78, 5) is 11.8. The number of ether oxygens (including phenoxy) is 1. The Balaban J connectivity index is 2.52. The maximum Gasteiger partial charge on any atom is 0.244 e. The molecule has 0 spiro atoms. The molecule has 0 aliphatic heterocycles. The van der Waals surface area contributed by atoms with Gasteiger partial charge in [-0.25, -0.2) is 0 Å². The first-order valence-corrected chi connectivity index (χ1v) is 7.18. The molecule has 1 rings (SSSR count). The van der Waals surface area contributed by atoms with Gasteiger partial charge in [-0.15, -0.1) is 0 Å². The van der Waals surface area contributed by atoms with Gasteiger partial charge in [-0.2, -0.15) is 0 Å². The SMILES string of the molecule is COc1ccccc1/C=C/C(=O)NCC(C)(C)CCCO. The molecule has 0 saturated heterocycles. The highest BCUT2D eigenvalue weighted by Crippen LogP contribution is 2.21. The summed E-state index contributed by atoms with van der Waals surface area (Å²) in [5.74, 6) is 0.614. The highest BCUT2D eigenvalue weighted by Gasteiger charge is 2.17. The molecule has 0 unspecified atom stereocenters. The second-order valence-electron chi connectivity index (χ2n) is 5.78. The van der Waals surface area contributed by atoms with Gasteiger partial charge < -0.3 is 15.2 Å². The van der Waals surface area contributed by atoms with Crippen LogP contribution in [0.15, 0.2) is 30.3 Å². The van der Waals surface area contributed by atoms with E-state index in [0.29, 0.717) is 6.54 Å². The molecule has 0 fully saturated rings. The number of nitrogens with one attached hydrogen (secondary N) is 1. The largest absolute Gasteiger partial charge is 0.496 e. The number of carbonyl (C=O) groups excluding carboxylic acids is 1. The van der Waals surface area contributed by atoms with E-state index < -0.39 is 0 Å². The summed E-state index contributed by atoms with van der Waals surface area (Å²) in [5.41, 5.74) is 0.853. The first kappa shape index (κ1) is 17.2. The van der Waals surface area contributed by atoms with Crippen molar-refractivity contribution >= 4 is 12.0 Å². The van der Waals surface area contributed by atoms with Gasteiger partial charge in [0.25, 0.3) is 0 Å². The smallest absolute Gasteiger partial charge is 0.244 e. The van der Waals surface area contributed by atoms with Gasteiger partial charge >= 0.3 is 0 Å². The number of aliphatic hydroxyl groups is 1. The molecule has 4 nitrogen and oxygen atoms in total. The molecule has 0 aliphatic carbocycles. The van der Waals surface area contributed by atoms with Crippen molar-refractivity contribution in [2.75, 3.05) is 20.3 Å². The summed E-state index contributed by atoms with van der Waals surface area (Å²) in [7, 11) is 1.61. The first-order valence-electron chi connectivity index (χ1n) is 7.18. The van der Waals surface area contributed by atoms with Crippen molar-refractivity contribution in [1.29, 1.82) is 0 Å². The summed E-state index contributed by atoms with van der Waals surface area (Å²) in [6, 6.07) is 7.54. The van der Waals surface area contributed by atoms with Gasteiger partial charge in [-0.3, -0.25) is 4.79 Å². The zero-order valence-corrected chi connectivity index (χ0v) is 13.1. The molecule has 1 aromatic rings. The summed E-state index contributed by atoms with van der Waals surface area (Å²) in [6.07, 6.45) is 4.88. The second kappa shape index (κ2) is 8.47. The fraction of sp³-hybridized carbons (Fsp3) is 0.471. The molecule has 1 aromatic carbocycles. The zero-order chi connectivity index (χ0) is 15.7. The lowest BCUT2D eigenvalue weighted by Gasteiger charge is -2.24. The molecule has 21 heavy (non-hydrogen) atoms. The molecule has 0 aliphatic rings. The van der Waals surface area contributed by atoms with E-state index in [1.807, 2.05) is 24.3 Å². The lowest BCUT2D eigenvalue weighted by atomic mass is 9.88. The van der Waals surface area contributed by atoms with E-state index in [9.17, 15) is 4.79 Å². The van der Waals surface area contributed by atoms with E-state index >= 15 is 0 Å². The van der Waals surface area contributed by atoms with E-state index in [1.165, 1.54) is 6.08 Å². The van der Waals surface area contributed by atoms with Gasteiger partial charge in [0.2, 0.25) is 5.91 Å². The minimum Gasteiger partial charge on any atom is -0.496 e. The maximum atomic E-state index is 11.8. The van der Waals surface area contributed by atoms with E-state index in [1.54, 1.807) is 13.2 Å². The number of para-hydroxylation sites is 1. The van der Waals surface area contributed by atoms with Crippen LogP contribution in [0, 0.1) is 5.41 Å². The highest BCUT2D eigenvalue weighted by atomic mass is 16.5. The molecule has 1 amide bonds.